The minimum atomic E-state index is -4.67. The van der Waals surface area contributed by atoms with E-state index in [-0.39, 0.29) is 53.3 Å². The number of carbonyl (C=O) groups excluding carboxylic acids is 2. The molecule has 0 saturated carbocycles. The fourth-order valence-corrected chi connectivity index (χ4v) is 5.56. The number of pyridine rings is 1. The van der Waals surface area contributed by atoms with Gasteiger partial charge in [0.2, 0.25) is 12.5 Å². The quantitative estimate of drug-likeness (QED) is 0.212. The molecule has 0 radical (unpaired) electrons. The first-order valence-electron chi connectivity index (χ1n) is 12.1. The monoisotopic (exact) mass is 698 g/mol. The Balaban J connectivity index is 0.00000484. The van der Waals surface area contributed by atoms with Crippen LogP contribution in [0.25, 0.3) is 10.9 Å². The average molecular weight is 700 g/mol. The van der Waals surface area contributed by atoms with Crippen molar-refractivity contribution in [3.05, 3.63) is 97.9 Å². The lowest BCUT2D eigenvalue weighted by Gasteiger charge is -2.18. The maximum Gasteiger partial charge on any atom is 0.373 e. The van der Waals surface area contributed by atoms with E-state index >= 15 is 0 Å². The van der Waals surface area contributed by atoms with Crippen molar-refractivity contribution >= 4 is 61.7 Å². The third kappa shape index (κ3) is 7.46. The number of hydrogen-bond donors (Lipinski definition) is 1. The number of carbonyl (C=O) groups is 2. The summed E-state index contributed by atoms with van der Waals surface area (Å²) in [5.41, 5.74) is -2.76. The third-order valence-corrected chi connectivity index (χ3v) is 7.76. The third-order valence-electron chi connectivity index (χ3n) is 5.60. The molecular weight excluding hydrogens is 675 g/mol. The van der Waals surface area contributed by atoms with E-state index in [1.165, 1.54) is 41.1 Å². The number of rotatable bonds is 7. The maximum atomic E-state index is 13.5. The molecule has 0 aliphatic carbocycles. The molecule has 1 amide bonds. The zero-order chi connectivity index (χ0) is 30.1. The molecule has 222 valence electrons. The van der Waals surface area contributed by atoms with Crippen molar-refractivity contribution in [2.75, 3.05) is 5.32 Å². The Morgan fingerprint density at radius 3 is 2.29 bits per heavy atom. The van der Waals surface area contributed by atoms with Crippen LogP contribution in [0.15, 0.2) is 81.5 Å². The largest absolute Gasteiger partial charge is 1.00 e. The number of ether oxygens (including phenoxy) is 1. The average Bonchev–Trinajstić information content (AvgIpc) is 2.85. The Morgan fingerprint density at radius 2 is 1.64 bits per heavy atom. The molecule has 0 bridgehead atoms. The normalized spacial score (nSPS) is 11.5. The fraction of sp³-hybridized carbons (Fsp3) is 0.222. The number of anilines is 1. The van der Waals surface area contributed by atoms with Crippen molar-refractivity contribution in [3.63, 3.8) is 0 Å². The number of benzene rings is 2. The van der Waals surface area contributed by atoms with Gasteiger partial charge in [-0.15, -0.1) is 3.97 Å². The van der Waals surface area contributed by atoms with Crippen LogP contribution in [-0.2, 0) is 37.4 Å². The van der Waals surface area contributed by atoms with Crippen molar-refractivity contribution < 1.29 is 44.3 Å². The fourth-order valence-electron chi connectivity index (χ4n) is 3.96. The molecule has 0 spiro atoms. The zero-order valence-corrected chi connectivity index (χ0v) is 26.4. The number of nitrogens with zero attached hydrogens (tertiary/aromatic N) is 3. The van der Waals surface area contributed by atoms with Gasteiger partial charge in [-0.2, -0.15) is 4.57 Å². The molecule has 0 fully saturated rings. The molecule has 4 rings (SSSR count). The second kappa shape index (κ2) is 12.8. The molecule has 0 atom stereocenters. The number of halogens is 3. The summed E-state index contributed by atoms with van der Waals surface area (Å²) in [7, 11) is -4.67. The summed E-state index contributed by atoms with van der Waals surface area (Å²) in [5, 5.41) is 2.89. The zero-order valence-electron chi connectivity index (χ0n) is 22.5. The SMILES string of the molecule is CC(C)(C)OC(=O)C[n+]1cccc(NC(=O)Cn2c(=O)n(S(=O)(=O)c3ccc(Cl)cc3)c(=O)c3ccc(Cl)cc32)c1.[Br-]. The second-order valence-corrected chi connectivity index (χ2v) is 12.6. The van der Waals surface area contributed by atoms with E-state index in [0.717, 1.165) is 16.7 Å². The van der Waals surface area contributed by atoms with Crippen LogP contribution in [0.2, 0.25) is 10.0 Å². The summed E-state index contributed by atoms with van der Waals surface area (Å²) in [6, 6.07) is 12.0. The van der Waals surface area contributed by atoms with Gasteiger partial charge in [-0.05, 0) is 69.3 Å². The van der Waals surface area contributed by atoms with Gasteiger partial charge in [0.1, 0.15) is 17.8 Å². The Kier molecular flexibility index (Phi) is 10.0. The van der Waals surface area contributed by atoms with E-state index in [1.54, 1.807) is 39.1 Å². The number of fused-ring (bicyclic) bond motifs is 1. The van der Waals surface area contributed by atoms with Crippen LogP contribution >= 0.6 is 23.2 Å². The van der Waals surface area contributed by atoms with Gasteiger partial charge >= 0.3 is 11.7 Å². The van der Waals surface area contributed by atoms with E-state index in [9.17, 15) is 27.6 Å². The number of amides is 1. The Morgan fingerprint density at radius 1 is 1.00 bits per heavy atom. The van der Waals surface area contributed by atoms with Crippen LogP contribution in [0.3, 0.4) is 0 Å². The number of esters is 1. The predicted octanol–water partition coefficient (Wildman–Crippen LogP) is -0.0211. The first kappa shape index (κ1) is 33.0. The highest BCUT2D eigenvalue weighted by Crippen LogP contribution is 2.19. The first-order valence-corrected chi connectivity index (χ1v) is 14.3. The summed E-state index contributed by atoms with van der Waals surface area (Å²) in [5.74, 6) is -1.19. The van der Waals surface area contributed by atoms with Crippen molar-refractivity contribution in [3.8, 4) is 0 Å². The number of hydrogen-bond acceptors (Lipinski definition) is 7. The van der Waals surface area contributed by atoms with E-state index in [0.29, 0.717) is 5.69 Å². The van der Waals surface area contributed by atoms with Crippen LogP contribution in [0.1, 0.15) is 20.8 Å². The lowest BCUT2D eigenvalue weighted by Crippen LogP contribution is -3.00. The molecule has 4 aromatic rings. The highest BCUT2D eigenvalue weighted by atomic mass is 79.9. The molecule has 2 aromatic carbocycles. The first-order chi connectivity index (χ1) is 19.2. The molecular formula is C27H25BrCl2N4O7S. The lowest BCUT2D eigenvalue weighted by atomic mass is 10.2. The van der Waals surface area contributed by atoms with Gasteiger partial charge in [0.25, 0.3) is 15.6 Å². The van der Waals surface area contributed by atoms with Crippen molar-refractivity contribution in [2.24, 2.45) is 0 Å². The van der Waals surface area contributed by atoms with Gasteiger partial charge in [0, 0.05) is 16.1 Å². The second-order valence-electron chi connectivity index (χ2n) is 9.96. The standard InChI is InChI=1S/C27H24Cl2N4O7S.BrH/c1-27(2,3)40-24(35)16-31-12-4-5-19(14-31)30-23(34)15-32-22-13-18(29)8-11-21(22)25(36)33(26(32)37)41(38,39)20-9-6-17(28)7-10-20;/h4-14H,15-16H2,1-3H3;1H. The van der Waals surface area contributed by atoms with Crippen LogP contribution in [-0.4, -0.2) is 34.4 Å². The Bertz CT molecular complexity index is 1900. The minimum Gasteiger partial charge on any atom is -1.00 e. The highest BCUT2D eigenvalue weighted by Gasteiger charge is 2.26. The molecule has 42 heavy (non-hydrogen) atoms. The molecule has 0 aliphatic rings. The maximum absolute atomic E-state index is 13.5. The van der Waals surface area contributed by atoms with Gasteiger partial charge in [-0.25, -0.2) is 18.0 Å². The van der Waals surface area contributed by atoms with Gasteiger partial charge < -0.3 is 27.0 Å². The predicted molar refractivity (Wildman–Crippen MR) is 153 cm³/mol. The van der Waals surface area contributed by atoms with Crippen LogP contribution < -0.4 is 38.1 Å². The molecule has 0 aliphatic heterocycles. The summed E-state index contributed by atoms with van der Waals surface area (Å²) < 4.78 is 34.5. The van der Waals surface area contributed by atoms with Crippen LogP contribution in [0, 0.1) is 0 Å². The molecule has 1 N–H and O–H groups in total. The van der Waals surface area contributed by atoms with Gasteiger partial charge in [-0.1, -0.05) is 23.2 Å². The van der Waals surface area contributed by atoms with Crippen molar-refractivity contribution in [1.82, 2.24) is 8.54 Å². The molecule has 2 aromatic heterocycles. The van der Waals surface area contributed by atoms with E-state index in [1.807, 2.05) is 0 Å². The van der Waals surface area contributed by atoms with Gasteiger partial charge in [0.05, 0.1) is 15.8 Å². The summed E-state index contributed by atoms with van der Waals surface area (Å²) in [6.45, 7) is 4.46. The molecule has 15 heteroatoms. The number of nitrogens with one attached hydrogen (secondary N) is 1. The molecule has 0 saturated heterocycles. The molecule has 2 heterocycles. The van der Waals surface area contributed by atoms with Gasteiger partial charge in [-0.3, -0.25) is 14.2 Å². The van der Waals surface area contributed by atoms with Crippen LogP contribution in [0.5, 0.6) is 0 Å². The van der Waals surface area contributed by atoms with E-state index in [2.05, 4.69) is 5.32 Å². The van der Waals surface area contributed by atoms with Crippen molar-refractivity contribution in [2.45, 2.75) is 44.4 Å². The van der Waals surface area contributed by atoms with E-state index in [4.69, 9.17) is 27.9 Å². The van der Waals surface area contributed by atoms with Crippen LogP contribution in [0.4, 0.5) is 5.69 Å². The Hall–Kier alpha value is -3.52. The number of aromatic nitrogens is 3. The Labute approximate surface area is 261 Å². The summed E-state index contributed by atoms with van der Waals surface area (Å²) in [6.07, 6.45) is 3.10. The topological polar surface area (TPSA) is 137 Å². The highest BCUT2D eigenvalue weighted by molar-refractivity contribution is 7.90. The minimum absolute atomic E-state index is 0. The molecule has 11 nitrogen and oxygen atoms in total. The van der Waals surface area contributed by atoms with Gasteiger partial charge in [0.15, 0.2) is 12.4 Å². The summed E-state index contributed by atoms with van der Waals surface area (Å²) >= 11 is 12.0. The van der Waals surface area contributed by atoms with E-state index < -0.39 is 45.3 Å². The molecule has 0 unspecified atom stereocenters. The summed E-state index contributed by atoms with van der Waals surface area (Å²) in [4.78, 5) is 51.7. The lowest BCUT2D eigenvalue weighted by molar-refractivity contribution is -0.685. The van der Waals surface area contributed by atoms with Crippen molar-refractivity contribution in [1.29, 1.82) is 0 Å². The smallest absolute Gasteiger partial charge is 0.373 e.